The highest BCUT2D eigenvalue weighted by atomic mass is 32.2. The van der Waals surface area contributed by atoms with E-state index in [1.165, 1.54) is 0 Å². The molecule has 0 atom stereocenters. The molecule has 1 heterocycles. The molecule has 0 aliphatic carbocycles. The molecular formula is C14H22N2O3S. The largest absolute Gasteiger partial charge is 0.392 e. The Morgan fingerprint density at radius 1 is 1.20 bits per heavy atom. The van der Waals surface area contributed by atoms with Crippen LogP contribution in [0, 0.1) is 0 Å². The zero-order chi connectivity index (χ0) is 14.8. The number of aliphatic hydroxyl groups excluding tert-OH is 1. The highest BCUT2D eigenvalue weighted by Gasteiger charge is 2.29. The van der Waals surface area contributed by atoms with Crippen LogP contribution in [0.25, 0.3) is 0 Å². The van der Waals surface area contributed by atoms with Crippen LogP contribution in [0.1, 0.15) is 18.4 Å². The fraction of sp³-hybridized carbons (Fsp3) is 0.571. The van der Waals surface area contributed by atoms with Crippen LogP contribution in [0.5, 0.6) is 0 Å². The molecule has 0 amide bonds. The zero-order valence-corrected chi connectivity index (χ0v) is 12.8. The summed E-state index contributed by atoms with van der Waals surface area (Å²) in [7, 11) is 0.657. The predicted molar refractivity (Wildman–Crippen MR) is 77.8 cm³/mol. The van der Waals surface area contributed by atoms with Gasteiger partial charge >= 0.3 is 0 Å². The lowest BCUT2D eigenvalue weighted by molar-refractivity contribution is 0.196. The lowest BCUT2D eigenvalue weighted by atomic mass is 10.1. The fourth-order valence-electron chi connectivity index (χ4n) is 2.51. The maximum Gasteiger partial charge on any atom is 0.243 e. The van der Waals surface area contributed by atoms with Crippen molar-refractivity contribution >= 4 is 10.0 Å². The molecule has 0 saturated carbocycles. The van der Waals surface area contributed by atoms with Gasteiger partial charge in [0.05, 0.1) is 11.5 Å². The Kier molecular flexibility index (Phi) is 4.80. The van der Waals surface area contributed by atoms with Gasteiger partial charge in [0.25, 0.3) is 0 Å². The van der Waals surface area contributed by atoms with Gasteiger partial charge in [-0.25, -0.2) is 8.42 Å². The minimum absolute atomic E-state index is 0.0748. The molecule has 1 N–H and O–H groups in total. The third-order valence-electron chi connectivity index (χ3n) is 3.90. The molecule has 1 aliphatic rings. The molecule has 112 valence electrons. The van der Waals surface area contributed by atoms with Crippen LogP contribution in [0.4, 0.5) is 0 Å². The molecule has 2 rings (SSSR count). The van der Waals surface area contributed by atoms with Gasteiger partial charge in [-0.3, -0.25) is 0 Å². The standard InChI is InChI=1S/C14H22N2O3S/c1-15(2)13-7-9-16(10-8-13)20(18,19)14-5-3-12(11-17)4-6-14/h3-6,13,17H,7-11H2,1-2H3. The third-order valence-corrected chi connectivity index (χ3v) is 5.81. The van der Waals surface area contributed by atoms with Gasteiger partial charge in [-0.15, -0.1) is 0 Å². The molecule has 1 aliphatic heterocycles. The molecule has 0 radical (unpaired) electrons. The van der Waals surface area contributed by atoms with Crippen LogP contribution < -0.4 is 0 Å². The Morgan fingerprint density at radius 3 is 2.20 bits per heavy atom. The molecule has 1 saturated heterocycles. The van der Waals surface area contributed by atoms with E-state index in [4.69, 9.17) is 5.11 Å². The summed E-state index contributed by atoms with van der Waals surface area (Å²) < 4.78 is 26.6. The monoisotopic (exact) mass is 298 g/mol. The molecular weight excluding hydrogens is 276 g/mol. The van der Waals surface area contributed by atoms with Gasteiger partial charge in [0.15, 0.2) is 0 Å². The van der Waals surface area contributed by atoms with Crippen molar-refractivity contribution in [3.63, 3.8) is 0 Å². The van der Waals surface area contributed by atoms with Crippen LogP contribution in [0.3, 0.4) is 0 Å². The Morgan fingerprint density at radius 2 is 1.75 bits per heavy atom. The molecule has 0 unspecified atom stereocenters. The molecule has 0 spiro atoms. The Balaban J connectivity index is 2.11. The topological polar surface area (TPSA) is 60.9 Å². The van der Waals surface area contributed by atoms with E-state index >= 15 is 0 Å². The molecule has 1 fully saturated rings. The first-order valence-electron chi connectivity index (χ1n) is 6.81. The van der Waals surface area contributed by atoms with E-state index in [1.807, 2.05) is 14.1 Å². The van der Waals surface area contributed by atoms with E-state index in [2.05, 4.69) is 4.90 Å². The predicted octanol–water partition coefficient (Wildman–Crippen LogP) is 0.894. The van der Waals surface area contributed by atoms with Gasteiger partial charge < -0.3 is 10.0 Å². The van der Waals surface area contributed by atoms with Crippen molar-refractivity contribution in [1.29, 1.82) is 0 Å². The van der Waals surface area contributed by atoms with Gasteiger partial charge in [-0.05, 0) is 44.6 Å². The number of hydrogen-bond donors (Lipinski definition) is 1. The van der Waals surface area contributed by atoms with E-state index in [9.17, 15) is 8.42 Å². The second kappa shape index (κ2) is 6.22. The third kappa shape index (κ3) is 3.20. The minimum atomic E-state index is -3.40. The van der Waals surface area contributed by atoms with Gasteiger partial charge in [0.2, 0.25) is 10.0 Å². The van der Waals surface area contributed by atoms with Crippen molar-refractivity contribution in [3.05, 3.63) is 29.8 Å². The summed E-state index contributed by atoms with van der Waals surface area (Å²) in [6.07, 6.45) is 1.72. The van der Waals surface area contributed by atoms with E-state index in [1.54, 1.807) is 28.6 Å². The highest BCUT2D eigenvalue weighted by Crippen LogP contribution is 2.22. The SMILES string of the molecule is CN(C)C1CCN(S(=O)(=O)c2ccc(CO)cc2)CC1. The summed E-state index contributed by atoms with van der Waals surface area (Å²) in [6, 6.07) is 6.90. The van der Waals surface area contributed by atoms with Gasteiger partial charge in [0, 0.05) is 19.1 Å². The maximum atomic E-state index is 12.5. The summed E-state index contributed by atoms with van der Waals surface area (Å²) >= 11 is 0. The first-order chi connectivity index (χ1) is 9.45. The van der Waals surface area contributed by atoms with E-state index in [0.29, 0.717) is 24.0 Å². The van der Waals surface area contributed by atoms with Crippen molar-refractivity contribution in [2.45, 2.75) is 30.4 Å². The van der Waals surface area contributed by atoms with Crippen LogP contribution in [-0.2, 0) is 16.6 Å². The molecule has 6 heteroatoms. The summed E-state index contributed by atoms with van der Waals surface area (Å²) in [5.41, 5.74) is 0.718. The van der Waals surface area contributed by atoms with Gasteiger partial charge in [-0.2, -0.15) is 4.31 Å². The van der Waals surface area contributed by atoms with Crippen LogP contribution in [0.15, 0.2) is 29.2 Å². The van der Waals surface area contributed by atoms with E-state index in [0.717, 1.165) is 18.4 Å². The van der Waals surface area contributed by atoms with Crippen molar-refractivity contribution in [2.24, 2.45) is 0 Å². The number of benzene rings is 1. The number of hydrogen-bond acceptors (Lipinski definition) is 4. The summed E-state index contributed by atoms with van der Waals surface area (Å²) in [6.45, 7) is 1.05. The average molecular weight is 298 g/mol. The molecule has 0 aromatic heterocycles. The first-order valence-corrected chi connectivity index (χ1v) is 8.25. The van der Waals surface area contributed by atoms with Crippen molar-refractivity contribution in [1.82, 2.24) is 9.21 Å². The molecule has 20 heavy (non-hydrogen) atoms. The van der Waals surface area contributed by atoms with Crippen molar-refractivity contribution in [3.8, 4) is 0 Å². The molecule has 5 nitrogen and oxygen atoms in total. The Labute approximate surface area is 120 Å². The normalized spacial score (nSPS) is 18.6. The lowest BCUT2D eigenvalue weighted by Crippen LogP contribution is -2.44. The highest BCUT2D eigenvalue weighted by molar-refractivity contribution is 7.89. The van der Waals surface area contributed by atoms with Gasteiger partial charge in [0.1, 0.15) is 0 Å². The average Bonchev–Trinajstić information content (AvgIpc) is 2.47. The van der Waals surface area contributed by atoms with Gasteiger partial charge in [-0.1, -0.05) is 12.1 Å². The Bertz CT molecular complexity index is 532. The second-order valence-electron chi connectivity index (χ2n) is 5.40. The first kappa shape index (κ1) is 15.4. The molecule has 1 aromatic carbocycles. The maximum absolute atomic E-state index is 12.5. The second-order valence-corrected chi connectivity index (χ2v) is 7.34. The van der Waals surface area contributed by atoms with Crippen LogP contribution >= 0.6 is 0 Å². The van der Waals surface area contributed by atoms with Crippen LogP contribution in [-0.4, -0.2) is 56.0 Å². The number of aliphatic hydroxyl groups is 1. The smallest absolute Gasteiger partial charge is 0.243 e. The number of piperidine rings is 1. The number of rotatable bonds is 4. The molecule has 0 bridgehead atoms. The quantitative estimate of drug-likeness (QED) is 0.897. The number of sulfonamides is 1. The fourth-order valence-corrected chi connectivity index (χ4v) is 3.98. The van der Waals surface area contributed by atoms with E-state index < -0.39 is 10.0 Å². The van der Waals surface area contributed by atoms with Crippen LogP contribution in [0.2, 0.25) is 0 Å². The minimum Gasteiger partial charge on any atom is -0.392 e. The van der Waals surface area contributed by atoms with E-state index in [-0.39, 0.29) is 6.61 Å². The lowest BCUT2D eigenvalue weighted by Gasteiger charge is -2.34. The number of nitrogens with zero attached hydrogens (tertiary/aromatic N) is 2. The zero-order valence-electron chi connectivity index (χ0n) is 12.0. The van der Waals surface area contributed by atoms with Crippen molar-refractivity contribution in [2.75, 3.05) is 27.2 Å². The summed E-state index contributed by atoms with van der Waals surface area (Å²) in [4.78, 5) is 2.46. The van der Waals surface area contributed by atoms with Crippen molar-refractivity contribution < 1.29 is 13.5 Å². The Hall–Kier alpha value is -0.950. The summed E-state index contributed by atoms with van der Waals surface area (Å²) in [5, 5.41) is 9.00. The summed E-state index contributed by atoms with van der Waals surface area (Å²) in [5.74, 6) is 0. The molecule has 1 aromatic rings.